The lowest BCUT2D eigenvalue weighted by Gasteiger charge is -2.16. The number of nitrogens with one attached hydrogen (secondary N) is 1. The van der Waals surface area contributed by atoms with Crippen LogP contribution in [0.5, 0.6) is 11.5 Å². The molecule has 1 unspecified atom stereocenters. The molecule has 4 aromatic rings. The zero-order chi connectivity index (χ0) is 22.8. The lowest BCUT2D eigenvalue weighted by Crippen LogP contribution is -2.08. The van der Waals surface area contributed by atoms with Crippen molar-refractivity contribution >= 4 is 28.1 Å². The second-order valence-corrected chi connectivity index (χ2v) is 8.53. The van der Waals surface area contributed by atoms with E-state index in [1.54, 1.807) is 31.6 Å². The SMILES string of the molecule is COc1cc2nc(C)nc(NC(C)c3ccc(-c4ccc(F)cc4CN)s3)c2cc1OC. The van der Waals surface area contributed by atoms with E-state index in [9.17, 15) is 4.39 Å². The number of halogens is 1. The molecule has 2 heterocycles. The maximum atomic E-state index is 13.6. The fourth-order valence-corrected chi connectivity index (χ4v) is 4.73. The van der Waals surface area contributed by atoms with Crippen LogP contribution >= 0.6 is 11.3 Å². The van der Waals surface area contributed by atoms with E-state index in [4.69, 9.17) is 15.2 Å². The van der Waals surface area contributed by atoms with E-state index < -0.39 is 0 Å². The number of fused-ring (bicyclic) bond motifs is 1. The number of aromatic nitrogens is 2. The summed E-state index contributed by atoms with van der Waals surface area (Å²) in [5, 5.41) is 4.36. The summed E-state index contributed by atoms with van der Waals surface area (Å²) in [6.07, 6.45) is 0. The Morgan fingerprint density at radius 1 is 1.06 bits per heavy atom. The molecule has 3 N–H and O–H groups in total. The van der Waals surface area contributed by atoms with Gasteiger partial charge in [0.1, 0.15) is 17.5 Å². The number of methoxy groups -OCH3 is 2. The van der Waals surface area contributed by atoms with Crippen LogP contribution in [0, 0.1) is 12.7 Å². The highest BCUT2D eigenvalue weighted by Gasteiger charge is 2.16. The molecule has 0 bridgehead atoms. The van der Waals surface area contributed by atoms with Crippen molar-refractivity contribution in [2.75, 3.05) is 19.5 Å². The van der Waals surface area contributed by atoms with Crippen molar-refractivity contribution in [2.45, 2.75) is 26.4 Å². The van der Waals surface area contributed by atoms with Gasteiger partial charge >= 0.3 is 0 Å². The lowest BCUT2D eigenvalue weighted by molar-refractivity contribution is 0.356. The van der Waals surface area contributed by atoms with E-state index in [0.717, 1.165) is 37.6 Å². The minimum absolute atomic E-state index is 0.0129. The predicted molar refractivity (Wildman–Crippen MR) is 127 cm³/mol. The molecule has 6 nitrogen and oxygen atoms in total. The number of rotatable bonds is 7. The quantitative estimate of drug-likeness (QED) is 0.388. The molecule has 32 heavy (non-hydrogen) atoms. The van der Waals surface area contributed by atoms with Gasteiger partial charge in [0.25, 0.3) is 0 Å². The molecule has 2 aromatic heterocycles. The van der Waals surface area contributed by atoms with Crippen molar-refractivity contribution in [3.05, 3.63) is 64.5 Å². The largest absolute Gasteiger partial charge is 0.493 e. The van der Waals surface area contributed by atoms with Crippen LogP contribution in [0.1, 0.15) is 29.2 Å². The van der Waals surface area contributed by atoms with Crippen molar-refractivity contribution in [1.29, 1.82) is 0 Å². The monoisotopic (exact) mass is 452 g/mol. The summed E-state index contributed by atoms with van der Waals surface area (Å²) in [7, 11) is 3.21. The molecule has 0 saturated heterocycles. The Bertz CT molecular complexity index is 1270. The first-order valence-corrected chi connectivity index (χ1v) is 11.0. The molecule has 0 radical (unpaired) electrons. The van der Waals surface area contributed by atoms with Gasteiger partial charge in [0.2, 0.25) is 0 Å². The highest BCUT2D eigenvalue weighted by molar-refractivity contribution is 7.15. The number of anilines is 1. The second-order valence-electron chi connectivity index (χ2n) is 7.42. The molecule has 166 valence electrons. The van der Waals surface area contributed by atoms with Gasteiger partial charge in [0.05, 0.1) is 25.8 Å². The minimum atomic E-state index is -0.279. The Morgan fingerprint density at radius 3 is 2.53 bits per heavy atom. The van der Waals surface area contributed by atoms with Gasteiger partial charge in [-0.2, -0.15) is 0 Å². The summed E-state index contributed by atoms with van der Waals surface area (Å²) < 4.78 is 24.5. The minimum Gasteiger partial charge on any atom is -0.493 e. The van der Waals surface area contributed by atoms with Gasteiger partial charge < -0.3 is 20.5 Å². The zero-order valence-corrected chi connectivity index (χ0v) is 19.2. The molecule has 0 amide bonds. The highest BCUT2D eigenvalue weighted by Crippen LogP contribution is 2.37. The third kappa shape index (κ3) is 4.24. The molecule has 8 heteroatoms. The number of thiophene rings is 1. The molecular formula is C24H25FN4O2S. The van der Waals surface area contributed by atoms with Crippen LogP contribution in [0.2, 0.25) is 0 Å². The first kappa shape index (κ1) is 22.0. The fourth-order valence-electron chi connectivity index (χ4n) is 3.66. The van der Waals surface area contributed by atoms with Crippen LogP contribution in [-0.2, 0) is 6.54 Å². The van der Waals surface area contributed by atoms with E-state index in [2.05, 4.69) is 28.3 Å². The Labute approximate surface area is 190 Å². The molecular weight excluding hydrogens is 427 g/mol. The summed E-state index contributed by atoms with van der Waals surface area (Å²) in [6.45, 7) is 4.22. The normalized spacial score (nSPS) is 12.1. The van der Waals surface area contributed by atoms with Crippen molar-refractivity contribution in [2.24, 2.45) is 5.73 Å². The first-order valence-electron chi connectivity index (χ1n) is 10.2. The third-order valence-corrected chi connectivity index (χ3v) is 6.57. The van der Waals surface area contributed by atoms with Crippen molar-refractivity contribution in [3.63, 3.8) is 0 Å². The lowest BCUT2D eigenvalue weighted by atomic mass is 10.1. The Kier molecular flexibility index (Phi) is 6.25. The Hall–Kier alpha value is -3.23. The first-order chi connectivity index (χ1) is 15.4. The Morgan fingerprint density at radius 2 is 1.81 bits per heavy atom. The number of aryl methyl sites for hydroxylation is 1. The Balaban J connectivity index is 1.67. The van der Waals surface area contributed by atoms with E-state index >= 15 is 0 Å². The van der Waals surface area contributed by atoms with Gasteiger partial charge in [0.15, 0.2) is 11.5 Å². The van der Waals surface area contributed by atoms with Crippen LogP contribution in [0.4, 0.5) is 10.2 Å². The maximum absolute atomic E-state index is 13.6. The van der Waals surface area contributed by atoms with E-state index in [0.29, 0.717) is 17.3 Å². The van der Waals surface area contributed by atoms with E-state index in [1.165, 1.54) is 12.1 Å². The molecule has 1 atom stereocenters. The van der Waals surface area contributed by atoms with Crippen LogP contribution in [0.3, 0.4) is 0 Å². The van der Waals surface area contributed by atoms with Gasteiger partial charge in [-0.3, -0.25) is 0 Å². The van der Waals surface area contributed by atoms with E-state index in [1.807, 2.05) is 25.1 Å². The van der Waals surface area contributed by atoms with E-state index in [-0.39, 0.29) is 18.4 Å². The van der Waals surface area contributed by atoms with Crippen LogP contribution in [0.25, 0.3) is 21.3 Å². The van der Waals surface area contributed by atoms with Gasteiger partial charge in [0, 0.05) is 27.8 Å². The van der Waals surface area contributed by atoms with Gasteiger partial charge in [-0.1, -0.05) is 6.07 Å². The van der Waals surface area contributed by atoms with Crippen LogP contribution < -0.4 is 20.5 Å². The van der Waals surface area contributed by atoms with Gasteiger partial charge in [-0.25, -0.2) is 14.4 Å². The van der Waals surface area contributed by atoms with Crippen molar-refractivity contribution in [1.82, 2.24) is 9.97 Å². The topological polar surface area (TPSA) is 82.3 Å². The zero-order valence-electron chi connectivity index (χ0n) is 18.4. The number of nitrogens with two attached hydrogens (primary N) is 1. The highest BCUT2D eigenvalue weighted by atomic mass is 32.1. The fraction of sp³-hybridized carbons (Fsp3) is 0.250. The summed E-state index contributed by atoms with van der Waals surface area (Å²) in [5.74, 6) is 2.34. The molecule has 0 saturated carbocycles. The summed E-state index contributed by atoms with van der Waals surface area (Å²) in [4.78, 5) is 11.3. The van der Waals surface area contributed by atoms with Crippen LogP contribution in [0.15, 0.2) is 42.5 Å². The molecule has 4 rings (SSSR count). The number of hydrogen-bond acceptors (Lipinski definition) is 7. The van der Waals surface area contributed by atoms with Crippen LogP contribution in [-0.4, -0.2) is 24.2 Å². The average molecular weight is 453 g/mol. The summed E-state index contributed by atoms with van der Waals surface area (Å²) in [6, 6.07) is 12.6. The van der Waals surface area contributed by atoms with Gasteiger partial charge in [-0.15, -0.1) is 11.3 Å². The average Bonchev–Trinajstić information content (AvgIpc) is 3.28. The molecule has 0 aliphatic carbocycles. The summed E-state index contributed by atoms with van der Waals surface area (Å²) >= 11 is 1.64. The number of hydrogen-bond donors (Lipinski definition) is 2. The standard InChI is InChI=1S/C24H25FN4O2S/c1-13(22-7-8-23(32-22)17-6-5-16(25)9-15(17)12-26)27-24-18-10-20(30-3)21(31-4)11-19(18)28-14(2)29-24/h5-11,13H,12,26H2,1-4H3,(H,27,28,29). The number of nitrogens with zero attached hydrogens (tertiary/aromatic N) is 2. The predicted octanol–water partition coefficient (Wildman–Crippen LogP) is 5.45. The maximum Gasteiger partial charge on any atom is 0.162 e. The number of benzene rings is 2. The summed E-state index contributed by atoms with van der Waals surface area (Å²) in [5.41, 5.74) is 8.35. The smallest absolute Gasteiger partial charge is 0.162 e. The van der Waals surface area contributed by atoms with Gasteiger partial charge in [-0.05, 0) is 55.3 Å². The molecule has 0 spiro atoms. The van der Waals surface area contributed by atoms with Crippen molar-refractivity contribution in [3.8, 4) is 21.9 Å². The molecule has 0 aliphatic heterocycles. The molecule has 2 aromatic carbocycles. The number of ether oxygens (including phenoxy) is 2. The molecule has 0 aliphatic rings. The third-order valence-electron chi connectivity index (χ3n) is 5.27. The van der Waals surface area contributed by atoms with Crippen molar-refractivity contribution < 1.29 is 13.9 Å². The molecule has 0 fully saturated rings. The second kappa shape index (κ2) is 9.10.